The molecule has 4 nitrogen and oxygen atoms in total. The summed E-state index contributed by atoms with van der Waals surface area (Å²) >= 11 is 0. The quantitative estimate of drug-likeness (QED) is 0.719. The molecule has 0 saturated carbocycles. The third-order valence-corrected chi connectivity index (χ3v) is 2.69. The highest BCUT2D eigenvalue weighted by atomic mass is 16.2. The zero-order valence-electron chi connectivity index (χ0n) is 8.10. The van der Waals surface area contributed by atoms with E-state index in [1.807, 2.05) is 13.1 Å². The van der Waals surface area contributed by atoms with Gasteiger partial charge in [0.2, 0.25) is 5.91 Å². The van der Waals surface area contributed by atoms with E-state index in [-0.39, 0.29) is 11.9 Å². The van der Waals surface area contributed by atoms with Gasteiger partial charge in [-0.2, -0.15) is 0 Å². The fourth-order valence-electron chi connectivity index (χ4n) is 1.81. The van der Waals surface area contributed by atoms with E-state index >= 15 is 0 Å². The standard InChI is InChI=1S/C10H13N3O/c1-13-8(3-5-10(13)14)7-2-4-9(11)12-6-7/h2,4,6,8H,3,5H2,1H3,(H2,11,12). The van der Waals surface area contributed by atoms with Crippen molar-refractivity contribution in [3.63, 3.8) is 0 Å². The van der Waals surface area contributed by atoms with Crippen molar-refractivity contribution in [2.75, 3.05) is 12.8 Å². The number of hydrogen-bond acceptors (Lipinski definition) is 3. The lowest BCUT2D eigenvalue weighted by Crippen LogP contribution is -2.22. The van der Waals surface area contributed by atoms with Crippen LogP contribution < -0.4 is 5.73 Å². The highest BCUT2D eigenvalue weighted by Crippen LogP contribution is 2.30. The minimum atomic E-state index is 0.176. The molecule has 1 unspecified atom stereocenters. The van der Waals surface area contributed by atoms with E-state index < -0.39 is 0 Å². The van der Waals surface area contributed by atoms with Gasteiger partial charge >= 0.3 is 0 Å². The van der Waals surface area contributed by atoms with Crippen LogP contribution in [-0.2, 0) is 4.79 Å². The number of likely N-dealkylation sites (tertiary alicyclic amines) is 1. The van der Waals surface area contributed by atoms with Crippen molar-refractivity contribution >= 4 is 11.7 Å². The van der Waals surface area contributed by atoms with Gasteiger partial charge in [0, 0.05) is 19.7 Å². The van der Waals surface area contributed by atoms with Crippen LogP contribution in [0, 0.1) is 0 Å². The van der Waals surface area contributed by atoms with E-state index in [4.69, 9.17) is 5.73 Å². The Kier molecular flexibility index (Phi) is 2.11. The molecule has 0 spiro atoms. The Hall–Kier alpha value is -1.58. The Labute approximate surface area is 82.7 Å². The molecule has 0 aromatic carbocycles. The van der Waals surface area contributed by atoms with Gasteiger partial charge < -0.3 is 10.6 Å². The van der Waals surface area contributed by atoms with Crippen molar-refractivity contribution in [2.45, 2.75) is 18.9 Å². The van der Waals surface area contributed by atoms with Crippen molar-refractivity contribution in [1.29, 1.82) is 0 Å². The number of aromatic nitrogens is 1. The van der Waals surface area contributed by atoms with Crippen LogP contribution in [0.15, 0.2) is 18.3 Å². The van der Waals surface area contributed by atoms with Crippen LogP contribution in [0.3, 0.4) is 0 Å². The minimum Gasteiger partial charge on any atom is -0.384 e. The molecule has 1 aromatic heterocycles. The summed E-state index contributed by atoms with van der Waals surface area (Å²) in [5, 5.41) is 0. The van der Waals surface area contributed by atoms with E-state index in [1.54, 1.807) is 17.2 Å². The molecule has 1 aliphatic heterocycles. The molecule has 1 amide bonds. The normalized spacial score (nSPS) is 21.6. The number of nitrogen functional groups attached to an aromatic ring is 1. The molecule has 1 aliphatic rings. The van der Waals surface area contributed by atoms with E-state index in [9.17, 15) is 4.79 Å². The van der Waals surface area contributed by atoms with Crippen LogP contribution in [0.5, 0.6) is 0 Å². The fraction of sp³-hybridized carbons (Fsp3) is 0.400. The highest BCUT2D eigenvalue weighted by Gasteiger charge is 2.28. The molecule has 2 heterocycles. The van der Waals surface area contributed by atoms with Gasteiger partial charge in [-0.1, -0.05) is 6.07 Å². The highest BCUT2D eigenvalue weighted by molar-refractivity contribution is 5.78. The van der Waals surface area contributed by atoms with E-state index in [2.05, 4.69) is 4.98 Å². The Morgan fingerprint density at radius 1 is 1.57 bits per heavy atom. The Morgan fingerprint density at radius 2 is 2.36 bits per heavy atom. The van der Waals surface area contributed by atoms with E-state index in [0.29, 0.717) is 12.2 Å². The summed E-state index contributed by atoms with van der Waals surface area (Å²) in [6.45, 7) is 0. The van der Waals surface area contributed by atoms with Crippen molar-refractivity contribution in [3.05, 3.63) is 23.9 Å². The summed E-state index contributed by atoms with van der Waals surface area (Å²) in [5.41, 5.74) is 6.56. The third kappa shape index (κ3) is 1.43. The lowest BCUT2D eigenvalue weighted by molar-refractivity contribution is -0.127. The van der Waals surface area contributed by atoms with Crippen molar-refractivity contribution in [3.8, 4) is 0 Å². The molecule has 74 valence electrons. The second-order valence-electron chi connectivity index (χ2n) is 3.58. The lowest BCUT2D eigenvalue weighted by atomic mass is 10.1. The first kappa shape index (κ1) is 8.99. The minimum absolute atomic E-state index is 0.176. The van der Waals surface area contributed by atoms with Crippen LogP contribution in [0.4, 0.5) is 5.82 Å². The van der Waals surface area contributed by atoms with Crippen molar-refractivity contribution < 1.29 is 4.79 Å². The van der Waals surface area contributed by atoms with Crippen LogP contribution in [0.1, 0.15) is 24.4 Å². The fourth-order valence-corrected chi connectivity index (χ4v) is 1.81. The summed E-state index contributed by atoms with van der Waals surface area (Å²) in [6.07, 6.45) is 3.25. The first-order valence-electron chi connectivity index (χ1n) is 4.65. The molecule has 1 atom stereocenters. The average molecular weight is 191 g/mol. The molecular weight excluding hydrogens is 178 g/mol. The number of anilines is 1. The smallest absolute Gasteiger partial charge is 0.222 e. The number of rotatable bonds is 1. The van der Waals surface area contributed by atoms with E-state index in [1.165, 1.54) is 0 Å². The van der Waals surface area contributed by atoms with Crippen LogP contribution >= 0.6 is 0 Å². The number of nitrogens with two attached hydrogens (primary N) is 1. The SMILES string of the molecule is CN1C(=O)CCC1c1ccc(N)nc1. The summed E-state index contributed by atoms with van der Waals surface area (Å²) < 4.78 is 0. The molecule has 1 saturated heterocycles. The first-order chi connectivity index (χ1) is 6.68. The maximum atomic E-state index is 11.3. The molecule has 0 bridgehead atoms. The van der Waals surface area contributed by atoms with Crippen LogP contribution in [0.25, 0.3) is 0 Å². The Morgan fingerprint density at radius 3 is 2.86 bits per heavy atom. The molecule has 1 fully saturated rings. The molecule has 0 radical (unpaired) electrons. The van der Waals surface area contributed by atoms with Gasteiger partial charge in [0.1, 0.15) is 5.82 Å². The number of hydrogen-bond donors (Lipinski definition) is 1. The van der Waals surface area contributed by atoms with Crippen LogP contribution in [-0.4, -0.2) is 22.8 Å². The lowest BCUT2D eigenvalue weighted by Gasteiger charge is -2.19. The number of nitrogens with zero attached hydrogens (tertiary/aromatic N) is 2. The predicted molar refractivity (Wildman–Crippen MR) is 53.4 cm³/mol. The van der Waals surface area contributed by atoms with Gasteiger partial charge in [0.25, 0.3) is 0 Å². The van der Waals surface area contributed by atoms with Crippen molar-refractivity contribution in [2.24, 2.45) is 0 Å². The van der Waals surface area contributed by atoms with Gasteiger partial charge in [0.05, 0.1) is 6.04 Å². The summed E-state index contributed by atoms with van der Waals surface area (Å²) in [7, 11) is 1.83. The van der Waals surface area contributed by atoms with Gasteiger partial charge in [-0.25, -0.2) is 4.98 Å². The third-order valence-electron chi connectivity index (χ3n) is 2.69. The molecule has 1 aromatic rings. The zero-order valence-corrected chi connectivity index (χ0v) is 8.10. The summed E-state index contributed by atoms with van der Waals surface area (Å²) in [4.78, 5) is 17.1. The predicted octanol–water partition coefficient (Wildman–Crippen LogP) is 0.957. The molecule has 2 N–H and O–H groups in total. The topological polar surface area (TPSA) is 59.2 Å². The number of carbonyl (C=O) groups is 1. The maximum absolute atomic E-state index is 11.3. The molecule has 0 aliphatic carbocycles. The summed E-state index contributed by atoms with van der Waals surface area (Å²) in [6, 6.07) is 3.88. The van der Waals surface area contributed by atoms with E-state index in [0.717, 1.165) is 12.0 Å². The number of carbonyl (C=O) groups excluding carboxylic acids is 1. The largest absolute Gasteiger partial charge is 0.384 e. The van der Waals surface area contributed by atoms with Crippen molar-refractivity contribution in [1.82, 2.24) is 9.88 Å². The molecule has 14 heavy (non-hydrogen) atoms. The van der Waals surface area contributed by atoms with Gasteiger partial charge in [-0.05, 0) is 18.1 Å². The average Bonchev–Trinajstić information content (AvgIpc) is 2.50. The molecule has 2 rings (SSSR count). The second-order valence-corrected chi connectivity index (χ2v) is 3.58. The monoisotopic (exact) mass is 191 g/mol. The van der Waals surface area contributed by atoms with Gasteiger partial charge in [-0.3, -0.25) is 4.79 Å². The number of amides is 1. The second kappa shape index (κ2) is 3.29. The molecule has 4 heteroatoms. The maximum Gasteiger partial charge on any atom is 0.222 e. The Balaban J connectivity index is 2.23. The van der Waals surface area contributed by atoms with Gasteiger partial charge in [-0.15, -0.1) is 0 Å². The van der Waals surface area contributed by atoms with Crippen LogP contribution in [0.2, 0.25) is 0 Å². The number of pyridine rings is 1. The van der Waals surface area contributed by atoms with Gasteiger partial charge in [0.15, 0.2) is 0 Å². The first-order valence-corrected chi connectivity index (χ1v) is 4.65. The zero-order chi connectivity index (χ0) is 10.1. The molecular formula is C10H13N3O. The Bertz CT molecular complexity index is 347. The summed E-state index contributed by atoms with van der Waals surface area (Å²) in [5.74, 6) is 0.715.